The van der Waals surface area contributed by atoms with Gasteiger partial charge >= 0.3 is 59.7 Å². The maximum Gasteiger partial charge on any atom is 0.342 e. The van der Waals surface area contributed by atoms with Crippen LogP contribution in [-0.2, 0) is 56.8 Å². The number of phenolic OH excluding ortho intramolecular Hbond substituents is 29. The largest absolute Gasteiger partial charge is 0.504 e. The van der Waals surface area contributed by atoms with E-state index in [1.165, 1.54) is 0 Å². The number of benzene rings is 10. The standard InChI is InChI=1S/C82H56O52/c83-27-1-16(2-28(84)48(27)96)71(112)122-14-39-66(68-69(81(125-39)133-72(113)17-3-29(85)49(97)30(86)4-17)131-77(118)23-11-36(92)54(102)61(109)45(23)44-22(76(117)129-68)10-35(91)53(101)60(44)108)128-80(121)26-12-37(93)55(103)63(111)64(26)124-38-13-24-41(57(105)56(38)104)19-7-25(47(95)62(110)46(19)94)79(120)132-70-67(130-78(24)119)65-40(126-82(70)134-73(114)18-5-31(87)50(98)32(88)6-18)15-123-74(115)20-8-33(89)51(99)58(106)42(20)43-21(75(116)127-65)9-34(90)52(100)59(43)107/h1-13,39-40,65-70,81-111H,14-15H2. The van der Waals surface area contributed by atoms with Crippen molar-refractivity contribution >= 4 is 59.7 Å². The minimum Gasteiger partial charge on any atom is -0.504 e. The van der Waals surface area contributed by atoms with Crippen molar-refractivity contribution in [3.05, 3.63) is 134 Å². The summed E-state index contributed by atoms with van der Waals surface area (Å²) in [6, 6.07) is 4.02. The summed E-state index contributed by atoms with van der Waals surface area (Å²) < 4.78 is 74.6. The van der Waals surface area contributed by atoms with E-state index in [2.05, 4.69) is 0 Å². The van der Waals surface area contributed by atoms with Gasteiger partial charge in [-0.25, -0.2) is 47.9 Å². The quantitative estimate of drug-likeness (QED) is 0.0498. The molecule has 10 aromatic rings. The molecule has 52 nitrogen and oxygen atoms in total. The fourth-order valence-corrected chi connectivity index (χ4v) is 14.5. The van der Waals surface area contributed by atoms with E-state index in [-0.39, 0.29) is 36.4 Å². The molecule has 0 aromatic heterocycles. The molecule has 2 bridgehead atoms. The van der Waals surface area contributed by atoms with Crippen molar-refractivity contribution < 1.29 is 258 Å². The van der Waals surface area contributed by atoms with Crippen LogP contribution in [0.2, 0.25) is 0 Å². The molecule has 134 heavy (non-hydrogen) atoms. The van der Waals surface area contributed by atoms with Crippen LogP contribution in [0.4, 0.5) is 0 Å². The van der Waals surface area contributed by atoms with E-state index in [1.807, 2.05) is 0 Å². The highest BCUT2D eigenvalue weighted by molar-refractivity contribution is 6.11. The van der Waals surface area contributed by atoms with Crippen LogP contribution < -0.4 is 4.74 Å². The molecule has 10 aromatic carbocycles. The van der Waals surface area contributed by atoms with Crippen LogP contribution in [0.5, 0.6) is 178 Å². The van der Waals surface area contributed by atoms with Crippen LogP contribution >= 0.6 is 0 Å². The van der Waals surface area contributed by atoms with Gasteiger partial charge in [0.25, 0.3) is 0 Å². The minimum absolute atomic E-state index is 0.0567. The maximum atomic E-state index is 16.0. The summed E-state index contributed by atoms with van der Waals surface area (Å²) in [5.41, 5.74) is -20.8. The number of hydrogen-bond acceptors (Lipinski definition) is 52. The zero-order valence-corrected chi connectivity index (χ0v) is 65.6. The van der Waals surface area contributed by atoms with Crippen LogP contribution in [0, 0.1) is 0 Å². The second-order valence-electron chi connectivity index (χ2n) is 29.0. The van der Waals surface area contributed by atoms with Gasteiger partial charge in [0.2, 0.25) is 70.8 Å². The number of rotatable bonds is 11. The highest BCUT2D eigenvalue weighted by Gasteiger charge is 2.59. The first-order valence-electron chi connectivity index (χ1n) is 37.1. The third-order valence-electron chi connectivity index (χ3n) is 21.0. The van der Waals surface area contributed by atoms with Gasteiger partial charge in [-0.15, -0.1) is 0 Å². The third kappa shape index (κ3) is 15.0. The molecule has 696 valence electrons. The van der Waals surface area contributed by atoms with Crippen LogP contribution in [0.1, 0.15) is 104 Å². The highest BCUT2D eigenvalue weighted by atomic mass is 16.8. The highest BCUT2D eigenvalue weighted by Crippen LogP contribution is 2.60. The van der Waals surface area contributed by atoms with Crippen LogP contribution in [0.15, 0.2) is 78.9 Å². The molecule has 0 spiro atoms. The number of ether oxygens (including phenoxy) is 13. The van der Waals surface area contributed by atoms with Crippen molar-refractivity contribution in [1.82, 2.24) is 0 Å². The van der Waals surface area contributed by atoms with Crippen molar-refractivity contribution in [3.63, 3.8) is 0 Å². The average molecular weight is 1870 g/mol. The molecular weight excluding hydrogens is 1820 g/mol. The van der Waals surface area contributed by atoms with Crippen LogP contribution in [0.3, 0.4) is 0 Å². The Bertz CT molecular complexity index is 6800. The Morgan fingerprint density at radius 2 is 0.612 bits per heavy atom. The molecule has 15 rings (SSSR count). The number of aromatic hydroxyl groups is 29. The molecule has 0 saturated carbocycles. The monoisotopic (exact) mass is 1870 g/mol. The van der Waals surface area contributed by atoms with E-state index in [1.54, 1.807) is 0 Å². The van der Waals surface area contributed by atoms with Crippen molar-refractivity contribution in [1.29, 1.82) is 0 Å². The Kier molecular flexibility index (Phi) is 22.0. The van der Waals surface area contributed by atoms with Gasteiger partial charge in [0.1, 0.15) is 36.5 Å². The molecule has 0 radical (unpaired) electrons. The molecule has 10 atom stereocenters. The molecule has 5 aliphatic rings. The molecular formula is C82H56O52. The molecule has 2 fully saturated rings. The molecule has 29 N–H and O–H groups in total. The van der Waals surface area contributed by atoms with Gasteiger partial charge in [-0.3, -0.25) is 0 Å². The lowest BCUT2D eigenvalue weighted by atomic mass is 9.91. The summed E-state index contributed by atoms with van der Waals surface area (Å²) in [5, 5.41) is 320. The van der Waals surface area contributed by atoms with Crippen molar-refractivity contribution in [2.75, 3.05) is 13.2 Å². The van der Waals surface area contributed by atoms with E-state index in [0.29, 0.717) is 42.5 Å². The predicted molar refractivity (Wildman–Crippen MR) is 414 cm³/mol. The third-order valence-corrected chi connectivity index (χ3v) is 21.0. The molecule has 0 aliphatic carbocycles. The average Bonchev–Trinajstić information content (AvgIpc) is 1.39. The zero-order chi connectivity index (χ0) is 97.5. The predicted octanol–water partition coefficient (Wildman–Crippen LogP) is 3.71. The van der Waals surface area contributed by atoms with E-state index < -0.39 is 402 Å². The Morgan fingerprint density at radius 3 is 1.05 bits per heavy atom. The smallest absolute Gasteiger partial charge is 0.342 e. The Hall–Kier alpha value is -19.2. The summed E-state index contributed by atoms with van der Waals surface area (Å²) in [5.74, 6) is -68.2. The lowest BCUT2D eigenvalue weighted by Crippen LogP contribution is -2.63. The van der Waals surface area contributed by atoms with Crippen molar-refractivity contribution in [2.24, 2.45) is 0 Å². The van der Waals surface area contributed by atoms with Gasteiger partial charge < -0.3 is 210 Å². The first-order chi connectivity index (χ1) is 63.1. The molecule has 52 heteroatoms. The number of hydrogen-bond donors (Lipinski definition) is 29. The van der Waals surface area contributed by atoms with Gasteiger partial charge in [-0.1, -0.05) is 0 Å². The molecule has 2 saturated heterocycles. The number of carbonyl (C=O) groups is 10. The summed E-state index contributed by atoms with van der Waals surface area (Å²) in [4.78, 5) is 149. The van der Waals surface area contributed by atoms with Gasteiger partial charge in [-0.2, -0.15) is 0 Å². The topological polar surface area (TPSA) is 877 Å². The van der Waals surface area contributed by atoms with Gasteiger partial charge in [0.15, 0.2) is 157 Å². The van der Waals surface area contributed by atoms with Crippen molar-refractivity contribution in [2.45, 2.75) is 61.4 Å². The Balaban J connectivity index is 0.894. The molecule has 0 amide bonds. The summed E-state index contributed by atoms with van der Waals surface area (Å²) >= 11 is 0. The van der Waals surface area contributed by atoms with Crippen molar-refractivity contribution in [3.8, 4) is 212 Å². The van der Waals surface area contributed by atoms with E-state index in [9.17, 15) is 172 Å². The van der Waals surface area contributed by atoms with Gasteiger partial charge in [-0.05, 0) is 66.7 Å². The first-order valence-corrected chi connectivity index (χ1v) is 37.1. The maximum absolute atomic E-state index is 16.0. The summed E-state index contributed by atoms with van der Waals surface area (Å²) in [6.07, 6.45) is -28.9. The Labute approximate surface area is 735 Å². The first kappa shape index (κ1) is 89.6. The number of carbonyl (C=O) groups excluding carboxylic acids is 10. The number of cyclic esters (lactones) is 1. The van der Waals surface area contributed by atoms with E-state index >= 15 is 24.0 Å². The van der Waals surface area contributed by atoms with Gasteiger partial charge in [0, 0.05) is 45.5 Å². The minimum atomic E-state index is -3.03. The second kappa shape index (κ2) is 32.9. The number of esters is 10. The SMILES string of the molecule is O=C(OCC1OC(OC(=O)c2cc(O)c(O)c(O)c2)C2OC(=O)c3cc(O)c(O)c(O)c3-c3c(cc(O)c(O)c3O)C(=O)OC2C1OC(=O)c1cc(O)c(O)c(O)c1Oc1cc2c(c(O)c1O)-c1cc(c(O)c(O)c1O)C(=O)OC1C(OC(=O)c3cc(O)c(O)c(O)c3)OC3COC(=O)c4cc(O)c(O)c(O)c4-c4c(cc(O)c(O)c4O)C(=O)OC3C1OC2=O)c1cc(O)c(O)c(O)c1. The summed E-state index contributed by atoms with van der Waals surface area (Å²) in [7, 11) is 0. The molecule has 5 aliphatic heterocycles. The second-order valence-corrected chi connectivity index (χ2v) is 29.0. The zero-order valence-electron chi connectivity index (χ0n) is 65.6. The van der Waals surface area contributed by atoms with Crippen LogP contribution in [-0.4, -0.2) is 282 Å². The normalized spacial score (nSPS) is 19.5. The molecule has 5 heterocycles. The van der Waals surface area contributed by atoms with E-state index in [4.69, 9.17) is 61.6 Å². The number of fused-ring (bicyclic) bond motifs is 14. The Morgan fingerprint density at radius 1 is 0.276 bits per heavy atom. The van der Waals surface area contributed by atoms with Crippen LogP contribution in [0.25, 0.3) is 33.4 Å². The van der Waals surface area contributed by atoms with Gasteiger partial charge in [0.05, 0.1) is 44.5 Å². The summed E-state index contributed by atoms with van der Waals surface area (Å²) in [6.45, 7) is -3.21. The fourth-order valence-electron chi connectivity index (χ4n) is 14.5. The number of phenols is 29. The lowest BCUT2D eigenvalue weighted by molar-refractivity contribution is -0.283. The van der Waals surface area contributed by atoms with E-state index in [0.717, 1.165) is 0 Å². The fraction of sp³-hybridized carbons (Fsp3) is 0.146. The lowest BCUT2D eigenvalue weighted by Gasteiger charge is -2.44. The molecule has 10 unspecified atom stereocenters.